The number of rotatable bonds is 2. The zero-order chi connectivity index (χ0) is 8.48. The summed E-state index contributed by atoms with van der Waals surface area (Å²) in [5.74, 6) is -2.68. The van der Waals surface area contributed by atoms with Crippen molar-refractivity contribution in [1.82, 2.24) is 9.78 Å². The van der Waals surface area contributed by atoms with Crippen LogP contribution in [0.25, 0.3) is 0 Å². The summed E-state index contributed by atoms with van der Waals surface area (Å²) in [4.78, 5) is 0. The van der Waals surface area contributed by atoms with Crippen molar-refractivity contribution in [3.8, 4) is 0 Å². The summed E-state index contributed by atoms with van der Waals surface area (Å²) in [6.07, 6.45) is 1.51. The molecule has 0 saturated carbocycles. The largest absolute Gasteiger partial charge is 0.264 e. The third kappa shape index (κ3) is 2.29. The van der Waals surface area contributed by atoms with Gasteiger partial charge in [-0.05, 0) is 13.0 Å². The Balaban J connectivity index is 2.72. The second-order valence-corrected chi connectivity index (χ2v) is 2.70. The second-order valence-electron chi connectivity index (χ2n) is 2.70. The number of nitrogens with zero attached hydrogens (tertiary/aromatic N) is 2. The van der Waals surface area contributed by atoms with Gasteiger partial charge in [-0.25, -0.2) is 8.78 Å². The Hall–Kier alpha value is -0.930. The number of hydrogen-bond donors (Lipinski definition) is 0. The van der Waals surface area contributed by atoms with E-state index in [4.69, 9.17) is 0 Å². The highest BCUT2D eigenvalue weighted by Gasteiger charge is 2.22. The maximum atomic E-state index is 12.4. The van der Waals surface area contributed by atoms with Crippen LogP contribution < -0.4 is 0 Å². The zero-order valence-electron chi connectivity index (χ0n) is 6.51. The van der Waals surface area contributed by atoms with Crippen molar-refractivity contribution in [1.29, 1.82) is 0 Å². The van der Waals surface area contributed by atoms with Crippen LogP contribution in [0.15, 0.2) is 12.3 Å². The average Bonchev–Trinajstić information content (AvgIpc) is 2.12. The molecule has 4 heteroatoms. The maximum Gasteiger partial charge on any atom is 0.264 e. The van der Waals surface area contributed by atoms with E-state index in [1.165, 1.54) is 10.9 Å². The Morgan fingerprint density at radius 3 is 2.64 bits per heavy atom. The number of hydrogen-bond acceptors (Lipinski definition) is 1. The molecule has 0 N–H and O–H groups in total. The lowest BCUT2D eigenvalue weighted by Gasteiger charge is -2.10. The van der Waals surface area contributed by atoms with E-state index in [0.717, 1.165) is 12.6 Å². The Labute approximate surface area is 63.8 Å². The molecule has 0 bridgehead atoms. The Morgan fingerprint density at radius 1 is 1.64 bits per heavy atom. The lowest BCUT2D eigenvalue weighted by Crippen LogP contribution is -2.20. The molecule has 0 amide bonds. The zero-order valence-corrected chi connectivity index (χ0v) is 6.51. The van der Waals surface area contributed by atoms with Gasteiger partial charge in [0.05, 0.1) is 0 Å². The summed E-state index contributed by atoms with van der Waals surface area (Å²) in [6, 6.07) is 1.70. The first kappa shape index (κ1) is 8.17. The monoisotopic (exact) mass is 160 g/mol. The second kappa shape index (κ2) is 2.60. The fourth-order valence-electron chi connectivity index (χ4n) is 0.827. The highest BCUT2D eigenvalue weighted by Crippen LogP contribution is 2.14. The molecule has 0 fully saturated rings. The molecule has 0 aliphatic carbocycles. The summed E-state index contributed by atoms with van der Waals surface area (Å²) < 4.78 is 26.1. The molecular weight excluding hydrogens is 150 g/mol. The van der Waals surface area contributed by atoms with Crippen molar-refractivity contribution in [3.63, 3.8) is 0 Å². The first-order valence-corrected chi connectivity index (χ1v) is 3.35. The summed E-state index contributed by atoms with van der Waals surface area (Å²) in [5, 5.41) is 3.74. The van der Waals surface area contributed by atoms with Crippen molar-refractivity contribution in [2.75, 3.05) is 0 Å². The summed E-state index contributed by atoms with van der Waals surface area (Å²) in [7, 11) is 0. The van der Waals surface area contributed by atoms with Gasteiger partial charge < -0.3 is 0 Å². The number of alkyl halides is 2. The molecule has 62 valence electrons. The Bertz CT molecular complexity index is 237. The molecule has 0 spiro atoms. The summed E-state index contributed by atoms with van der Waals surface area (Å²) in [5.41, 5.74) is 0.756. The van der Waals surface area contributed by atoms with E-state index in [-0.39, 0.29) is 6.54 Å². The van der Waals surface area contributed by atoms with Crippen LogP contribution in [0.3, 0.4) is 0 Å². The summed E-state index contributed by atoms with van der Waals surface area (Å²) >= 11 is 0. The van der Waals surface area contributed by atoms with Gasteiger partial charge in [-0.1, -0.05) is 0 Å². The molecule has 1 aromatic heterocycles. The minimum atomic E-state index is -2.68. The van der Waals surface area contributed by atoms with Crippen LogP contribution in [0.1, 0.15) is 12.6 Å². The average molecular weight is 160 g/mol. The third-order valence-electron chi connectivity index (χ3n) is 1.36. The van der Waals surface area contributed by atoms with Gasteiger partial charge in [0.1, 0.15) is 6.54 Å². The van der Waals surface area contributed by atoms with Crippen LogP contribution in [0.4, 0.5) is 8.78 Å². The SMILES string of the molecule is Cc1ccnn1CC(C)(F)F. The maximum absolute atomic E-state index is 12.4. The molecule has 1 rings (SSSR count). The van der Waals surface area contributed by atoms with Gasteiger partial charge in [0.25, 0.3) is 5.92 Å². The van der Waals surface area contributed by atoms with Gasteiger partial charge >= 0.3 is 0 Å². The predicted molar refractivity (Wildman–Crippen MR) is 37.6 cm³/mol. The smallest absolute Gasteiger partial charge is 0.264 e. The fourth-order valence-corrected chi connectivity index (χ4v) is 0.827. The molecule has 0 aliphatic heterocycles. The molecular formula is C7H10F2N2. The number of aryl methyl sites for hydroxylation is 1. The molecule has 0 saturated heterocycles. The lowest BCUT2D eigenvalue weighted by molar-refractivity contribution is 0.0000130. The van der Waals surface area contributed by atoms with Gasteiger partial charge in [-0.2, -0.15) is 5.10 Å². The first-order valence-electron chi connectivity index (χ1n) is 3.35. The minimum absolute atomic E-state index is 0.341. The van der Waals surface area contributed by atoms with Crippen LogP contribution in [0.5, 0.6) is 0 Å². The molecule has 11 heavy (non-hydrogen) atoms. The molecule has 1 heterocycles. The van der Waals surface area contributed by atoms with Crippen molar-refractivity contribution in [2.45, 2.75) is 26.3 Å². The molecule has 0 radical (unpaired) electrons. The van der Waals surface area contributed by atoms with Crippen LogP contribution in [0.2, 0.25) is 0 Å². The molecule has 0 aliphatic rings. The Morgan fingerprint density at radius 2 is 2.27 bits per heavy atom. The van der Waals surface area contributed by atoms with Crippen molar-refractivity contribution in [2.24, 2.45) is 0 Å². The predicted octanol–water partition coefficient (Wildman–Crippen LogP) is 1.85. The van der Waals surface area contributed by atoms with Crippen molar-refractivity contribution >= 4 is 0 Å². The van der Waals surface area contributed by atoms with E-state index in [1.54, 1.807) is 13.0 Å². The highest BCUT2D eigenvalue weighted by molar-refractivity contribution is 4.96. The minimum Gasteiger partial charge on any atom is -0.264 e. The van der Waals surface area contributed by atoms with Crippen LogP contribution in [0, 0.1) is 6.92 Å². The number of aromatic nitrogens is 2. The first-order chi connectivity index (χ1) is 4.99. The fraction of sp³-hybridized carbons (Fsp3) is 0.571. The van der Waals surface area contributed by atoms with E-state index in [1.807, 2.05) is 0 Å². The molecule has 0 atom stereocenters. The standard InChI is InChI=1S/C7H10F2N2/c1-6-3-4-10-11(6)5-7(2,8)9/h3-4H,5H2,1-2H3. The van der Waals surface area contributed by atoms with Gasteiger partial charge in [-0.3, -0.25) is 4.68 Å². The molecule has 0 unspecified atom stereocenters. The van der Waals surface area contributed by atoms with E-state index in [2.05, 4.69) is 5.10 Å². The van der Waals surface area contributed by atoms with Gasteiger partial charge in [-0.15, -0.1) is 0 Å². The van der Waals surface area contributed by atoms with E-state index < -0.39 is 5.92 Å². The van der Waals surface area contributed by atoms with E-state index in [9.17, 15) is 8.78 Å². The quantitative estimate of drug-likeness (QED) is 0.645. The Kier molecular flexibility index (Phi) is 1.93. The van der Waals surface area contributed by atoms with Crippen LogP contribution >= 0.6 is 0 Å². The summed E-state index contributed by atoms with van der Waals surface area (Å²) in [6.45, 7) is 2.29. The molecule has 2 nitrogen and oxygen atoms in total. The van der Waals surface area contributed by atoms with Crippen molar-refractivity contribution < 1.29 is 8.78 Å². The van der Waals surface area contributed by atoms with Crippen molar-refractivity contribution in [3.05, 3.63) is 18.0 Å². The van der Waals surface area contributed by atoms with Gasteiger partial charge in [0, 0.05) is 18.8 Å². The topological polar surface area (TPSA) is 17.8 Å². The van der Waals surface area contributed by atoms with E-state index in [0.29, 0.717) is 0 Å². The van der Waals surface area contributed by atoms with Gasteiger partial charge in [0.2, 0.25) is 0 Å². The van der Waals surface area contributed by atoms with E-state index >= 15 is 0 Å². The molecule has 1 aromatic rings. The van der Waals surface area contributed by atoms with Gasteiger partial charge in [0.15, 0.2) is 0 Å². The van der Waals surface area contributed by atoms with Crippen LogP contribution in [-0.2, 0) is 6.54 Å². The normalized spacial score (nSPS) is 12.0. The molecule has 0 aromatic carbocycles. The lowest BCUT2D eigenvalue weighted by atomic mass is 10.4. The van der Waals surface area contributed by atoms with Crippen LogP contribution in [-0.4, -0.2) is 15.7 Å². The highest BCUT2D eigenvalue weighted by atomic mass is 19.3. The number of halogens is 2. The third-order valence-corrected chi connectivity index (χ3v) is 1.36.